The largest absolute Gasteiger partial charge is 0.360 e. The third-order valence-corrected chi connectivity index (χ3v) is 9.18. The summed E-state index contributed by atoms with van der Waals surface area (Å²) in [4.78, 5) is 14.7. The van der Waals surface area contributed by atoms with E-state index in [1.165, 1.54) is 0 Å². The van der Waals surface area contributed by atoms with E-state index in [4.69, 9.17) is 4.52 Å². The van der Waals surface area contributed by atoms with Crippen LogP contribution in [0.1, 0.15) is 73.5 Å². The van der Waals surface area contributed by atoms with Gasteiger partial charge in [-0.05, 0) is 65.0 Å². The summed E-state index contributed by atoms with van der Waals surface area (Å²) in [5.74, 6) is 1.23. The van der Waals surface area contributed by atoms with Crippen LogP contribution >= 0.6 is 0 Å². The summed E-state index contributed by atoms with van der Waals surface area (Å²) in [7, 11) is -1.27. The van der Waals surface area contributed by atoms with Crippen molar-refractivity contribution in [1.29, 1.82) is 0 Å². The Morgan fingerprint density at radius 3 is 2.55 bits per heavy atom. The Bertz CT molecular complexity index is 867. The molecule has 29 heavy (non-hydrogen) atoms. The van der Waals surface area contributed by atoms with Gasteiger partial charge in [0.05, 0.1) is 5.75 Å². The molecule has 2 unspecified atom stereocenters. The first-order valence-corrected chi connectivity index (χ1v) is 12.5. The normalized spacial score (nSPS) is 33.3. The predicted octanol–water partition coefficient (Wildman–Crippen LogP) is 1.70. The van der Waals surface area contributed by atoms with E-state index < -0.39 is 10.0 Å². The minimum Gasteiger partial charge on any atom is -0.360 e. The molecule has 2 bridgehead atoms. The summed E-state index contributed by atoms with van der Waals surface area (Å²) in [5.41, 5.74) is 0.332. The number of sulfonamides is 1. The van der Waals surface area contributed by atoms with Crippen LogP contribution in [-0.4, -0.2) is 72.2 Å². The fraction of sp³-hybridized carbons (Fsp3) is 0.800. The van der Waals surface area contributed by atoms with Gasteiger partial charge in [-0.1, -0.05) is 5.16 Å². The Labute approximate surface area is 172 Å². The third kappa shape index (κ3) is 3.84. The molecule has 4 aliphatic rings. The van der Waals surface area contributed by atoms with Crippen molar-refractivity contribution >= 4 is 15.9 Å². The molecule has 4 atom stereocenters. The van der Waals surface area contributed by atoms with Crippen molar-refractivity contribution in [3.05, 3.63) is 17.5 Å². The average molecular weight is 423 g/mol. The van der Waals surface area contributed by atoms with Gasteiger partial charge in [0.15, 0.2) is 5.69 Å². The summed E-state index contributed by atoms with van der Waals surface area (Å²) in [6.07, 6.45) is 7.34. The lowest BCUT2D eigenvalue weighted by Crippen LogP contribution is -2.54. The molecule has 4 heterocycles. The summed E-state index contributed by atoms with van der Waals surface area (Å²) in [5, 5.41) is 6.99. The van der Waals surface area contributed by atoms with Gasteiger partial charge in [0.1, 0.15) is 5.76 Å². The van der Waals surface area contributed by atoms with Crippen LogP contribution in [0.5, 0.6) is 0 Å². The second kappa shape index (κ2) is 7.35. The fourth-order valence-electron chi connectivity index (χ4n) is 5.44. The highest BCUT2D eigenvalue weighted by Crippen LogP contribution is 2.41. The first-order chi connectivity index (χ1) is 13.9. The molecule has 160 valence electrons. The van der Waals surface area contributed by atoms with E-state index in [1.807, 2.05) is 7.05 Å². The quantitative estimate of drug-likeness (QED) is 0.750. The second-order valence-electron chi connectivity index (χ2n) is 9.30. The van der Waals surface area contributed by atoms with Crippen LogP contribution in [0.2, 0.25) is 0 Å². The molecule has 0 spiro atoms. The van der Waals surface area contributed by atoms with Gasteiger partial charge in [-0.2, -0.15) is 4.31 Å². The second-order valence-corrected chi connectivity index (χ2v) is 11.2. The summed E-state index contributed by atoms with van der Waals surface area (Å²) < 4.78 is 33.4. The zero-order valence-electron chi connectivity index (χ0n) is 16.9. The van der Waals surface area contributed by atoms with Gasteiger partial charge in [-0.3, -0.25) is 4.79 Å². The van der Waals surface area contributed by atoms with Crippen LogP contribution in [0.15, 0.2) is 10.6 Å². The number of aromatic nitrogens is 1. The summed E-state index contributed by atoms with van der Waals surface area (Å²) in [6, 6.07) is 1.86. The van der Waals surface area contributed by atoms with E-state index in [-0.39, 0.29) is 35.8 Å². The van der Waals surface area contributed by atoms with E-state index in [1.54, 1.807) is 10.4 Å². The van der Waals surface area contributed by atoms with Crippen molar-refractivity contribution < 1.29 is 17.7 Å². The molecule has 1 aliphatic carbocycles. The molecule has 3 saturated heterocycles. The zero-order valence-corrected chi connectivity index (χ0v) is 17.7. The van der Waals surface area contributed by atoms with Crippen molar-refractivity contribution in [1.82, 2.24) is 19.7 Å². The van der Waals surface area contributed by atoms with Gasteiger partial charge in [0.25, 0.3) is 5.91 Å². The van der Waals surface area contributed by atoms with Gasteiger partial charge in [0, 0.05) is 36.2 Å². The first-order valence-electron chi connectivity index (χ1n) is 10.9. The van der Waals surface area contributed by atoms with Crippen molar-refractivity contribution in [3.63, 3.8) is 0 Å². The van der Waals surface area contributed by atoms with Crippen molar-refractivity contribution in [2.24, 2.45) is 0 Å². The minimum atomic E-state index is -3.29. The molecular formula is C20H30N4O4S. The predicted molar refractivity (Wildman–Crippen MR) is 107 cm³/mol. The van der Waals surface area contributed by atoms with E-state index in [9.17, 15) is 13.2 Å². The average Bonchev–Trinajstić information content (AvgIpc) is 3.14. The molecule has 9 heteroatoms. The van der Waals surface area contributed by atoms with Crippen LogP contribution in [0, 0.1) is 0 Å². The molecule has 4 fully saturated rings. The standard InChI is InChI=1S/C20H30N4O4S/c1-23-8-2-3-17(23)12-29(26,27)24-15-6-7-16(24)10-14(9-15)21-20(25)18-11-19(28-22-18)13-4-5-13/h11,13-17H,2-10,12H2,1H3,(H,21,25)/t14?,15-,16+,17?. The number of piperidine rings is 1. The Kier molecular flexibility index (Phi) is 4.95. The van der Waals surface area contributed by atoms with Gasteiger partial charge in [-0.25, -0.2) is 8.42 Å². The van der Waals surface area contributed by atoms with E-state index in [2.05, 4.69) is 15.4 Å². The van der Waals surface area contributed by atoms with Gasteiger partial charge in [-0.15, -0.1) is 0 Å². The SMILES string of the molecule is CN1CCCC1CS(=O)(=O)N1[C@@H]2CC[C@H]1CC(NC(=O)c1cc(C3CC3)on1)C2. The Balaban J connectivity index is 1.22. The Morgan fingerprint density at radius 1 is 1.21 bits per heavy atom. The molecule has 1 saturated carbocycles. The number of hydrogen-bond donors (Lipinski definition) is 1. The zero-order chi connectivity index (χ0) is 20.2. The number of rotatable bonds is 6. The lowest BCUT2D eigenvalue weighted by molar-refractivity contribution is 0.0900. The maximum atomic E-state index is 13.2. The lowest BCUT2D eigenvalue weighted by Gasteiger charge is -2.38. The molecule has 1 N–H and O–H groups in total. The van der Waals surface area contributed by atoms with Gasteiger partial charge >= 0.3 is 0 Å². The number of nitrogens with one attached hydrogen (secondary N) is 1. The maximum Gasteiger partial charge on any atom is 0.273 e. The number of fused-ring (bicyclic) bond motifs is 2. The summed E-state index contributed by atoms with van der Waals surface area (Å²) >= 11 is 0. The molecule has 0 aromatic carbocycles. The molecule has 1 aromatic rings. The molecule has 0 radical (unpaired) electrons. The van der Waals surface area contributed by atoms with Crippen molar-refractivity contribution in [2.75, 3.05) is 19.3 Å². The van der Waals surface area contributed by atoms with Crippen LogP contribution < -0.4 is 5.32 Å². The maximum absolute atomic E-state index is 13.2. The number of likely N-dealkylation sites (tertiary alicyclic amines) is 1. The smallest absolute Gasteiger partial charge is 0.273 e. The third-order valence-electron chi connectivity index (χ3n) is 7.14. The van der Waals surface area contributed by atoms with E-state index in [0.717, 1.165) is 50.8 Å². The van der Waals surface area contributed by atoms with Crippen LogP contribution in [0.25, 0.3) is 0 Å². The fourth-order valence-corrected chi connectivity index (χ4v) is 7.81. The van der Waals surface area contributed by atoms with E-state index in [0.29, 0.717) is 24.5 Å². The Hall–Kier alpha value is -1.45. The topological polar surface area (TPSA) is 95.8 Å². The molecule has 8 nitrogen and oxygen atoms in total. The minimum absolute atomic E-state index is 0.00454. The highest BCUT2D eigenvalue weighted by atomic mass is 32.2. The molecule has 3 aliphatic heterocycles. The van der Waals surface area contributed by atoms with E-state index >= 15 is 0 Å². The molecule has 5 rings (SSSR count). The summed E-state index contributed by atoms with van der Waals surface area (Å²) in [6.45, 7) is 0.978. The van der Waals surface area contributed by atoms with Crippen LogP contribution in [-0.2, 0) is 10.0 Å². The molecular weight excluding hydrogens is 392 g/mol. The monoisotopic (exact) mass is 422 g/mol. The van der Waals surface area contributed by atoms with Gasteiger partial charge in [0.2, 0.25) is 10.0 Å². The van der Waals surface area contributed by atoms with Crippen molar-refractivity contribution in [2.45, 2.75) is 81.5 Å². The molecule has 1 amide bonds. The molecule has 1 aromatic heterocycles. The Morgan fingerprint density at radius 2 is 1.93 bits per heavy atom. The highest BCUT2D eigenvalue weighted by molar-refractivity contribution is 7.89. The number of amides is 1. The van der Waals surface area contributed by atoms with Crippen LogP contribution in [0.3, 0.4) is 0 Å². The number of carbonyl (C=O) groups excluding carboxylic acids is 1. The highest BCUT2D eigenvalue weighted by Gasteiger charge is 2.47. The lowest BCUT2D eigenvalue weighted by atomic mass is 9.99. The van der Waals surface area contributed by atoms with Crippen LogP contribution in [0.4, 0.5) is 0 Å². The number of nitrogens with zero attached hydrogens (tertiary/aromatic N) is 3. The van der Waals surface area contributed by atoms with Gasteiger partial charge < -0.3 is 14.7 Å². The van der Waals surface area contributed by atoms with Crippen molar-refractivity contribution in [3.8, 4) is 0 Å². The number of hydrogen-bond acceptors (Lipinski definition) is 6. The number of carbonyl (C=O) groups is 1. The first kappa shape index (κ1) is 19.5.